The molecular formula is C14H22O6S. The maximum Gasteiger partial charge on any atom is 0.303 e. The summed E-state index contributed by atoms with van der Waals surface area (Å²) in [6, 6.07) is 0. The number of allylic oxidation sites excluding steroid dienone is 2. The molecule has 0 spiro atoms. The van der Waals surface area contributed by atoms with E-state index in [-0.39, 0.29) is 30.7 Å². The van der Waals surface area contributed by atoms with Crippen molar-refractivity contribution in [2.45, 2.75) is 56.8 Å². The topological polar surface area (TPSA) is 89.9 Å². The molecule has 2 rings (SSSR count). The molecule has 6 nitrogen and oxygen atoms in total. The number of rotatable bonds is 8. The van der Waals surface area contributed by atoms with Gasteiger partial charge in [0.1, 0.15) is 6.10 Å². The molecule has 2 heterocycles. The molecule has 2 aliphatic rings. The molecule has 2 aliphatic heterocycles. The van der Waals surface area contributed by atoms with Gasteiger partial charge in [-0.05, 0) is 32.1 Å². The van der Waals surface area contributed by atoms with Gasteiger partial charge in [-0.2, -0.15) is 8.42 Å². The molecule has 0 aliphatic carbocycles. The third kappa shape index (κ3) is 4.79. The van der Waals surface area contributed by atoms with E-state index in [4.69, 9.17) is 14.0 Å². The van der Waals surface area contributed by atoms with Crippen LogP contribution in [-0.2, 0) is 23.8 Å². The second-order valence-electron chi connectivity index (χ2n) is 5.71. The number of carboxylic acids is 1. The van der Waals surface area contributed by atoms with Crippen molar-refractivity contribution in [3.8, 4) is 0 Å². The number of carbonyl (C=O) groups is 1. The van der Waals surface area contributed by atoms with Gasteiger partial charge in [0, 0.05) is 12.3 Å². The number of unbranched alkanes of at least 4 members (excludes halogenated alkanes) is 1. The molecule has 2 bridgehead atoms. The van der Waals surface area contributed by atoms with Gasteiger partial charge in [-0.3, -0.25) is 8.98 Å². The molecule has 0 aromatic carbocycles. The van der Waals surface area contributed by atoms with Crippen LogP contribution in [0.1, 0.15) is 38.5 Å². The Balaban J connectivity index is 1.83. The Kier molecular flexibility index (Phi) is 5.40. The van der Waals surface area contributed by atoms with E-state index in [1.807, 2.05) is 12.2 Å². The fourth-order valence-electron chi connectivity index (χ4n) is 3.10. The molecule has 2 fully saturated rings. The third-order valence-electron chi connectivity index (χ3n) is 3.97. The smallest absolute Gasteiger partial charge is 0.303 e. The predicted octanol–water partition coefficient (Wildman–Crippen LogP) is 1.71. The van der Waals surface area contributed by atoms with Crippen LogP contribution >= 0.6 is 0 Å². The van der Waals surface area contributed by atoms with Crippen molar-refractivity contribution >= 4 is 16.1 Å². The van der Waals surface area contributed by atoms with E-state index < -0.39 is 16.1 Å². The van der Waals surface area contributed by atoms with E-state index in [9.17, 15) is 13.2 Å². The molecule has 21 heavy (non-hydrogen) atoms. The minimum atomic E-state index is -3.48. The first-order valence-electron chi connectivity index (χ1n) is 7.27. The number of fused-ring (bicyclic) bond motifs is 2. The maximum atomic E-state index is 11.3. The normalized spacial score (nSPS) is 32.0. The number of hydrogen-bond donors (Lipinski definition) is 1. The summed E-state index contributed by atoms with van der Waals surface area (Å²) in [7, 11) is -3.48. The standard InChI is InChI=1S/C14H22O6S/c1-21(17,18)20-14-10(11-8-9-12(14)19-11)6-4-2-3-5-7-13(15)16/h2,4,10-12,14H,3,5-9H2,1H3,(H,15,16)/b4-2-/t10-,11+,12+,14+/m0/s1. The average Bonchev–Trinajstić information content (AvgIpc) is 2.93. The van der Waals surface area contributed by atoms with E-state index in [1.54, 1.807) is 0 Å². The van der Waals surface area contributed by atoms with Gasteiger partial charge in [0.2, 0.25) is 0 Å². The molecule has 0 amide bonds. The zero-order valence-electron chi connectivity index (χ0n) is 12.1. The van der Waals surface area contributed by atoms with Gasteiger partial charge < -0.3 is 9.84 Å². The first-order valence-corrected chi connectivity index (χ1v) is 9.09. The van der Waals surface area contributed by atoms with E-state index in [0.29, 0.717) is 19.3 Å². The number of carboxylic acid groups (broad SMARTS) is 1. The highest BCUT2D eigenvalue weighted by molar-refractivity contribution is 7.86. The molecule has 1 N–H and O–H groups in total. The van der Waals surface area contributed by atoms with Crippen molar-refractivity contribution in [1.82, 2.24) is 0 Å². The van der Waals surface area contributed by atoms with Crippen LogP contribution in [0.5, 0.6) is 0 Å². The fourth-order valence-corrected chi connectivity index (χ4v) is 3.77. The third-order valence-corrected chi connectivity index (χ3v) is 4.55. The highest BCUT2D eigenvalue weighted by Gasteiger charge is 2.50. The van der Waals surface area contributed by atoms with Crippen molar-refractivity contribution in [1.29, 1.82) is 0 Å². The second kappa shape index (κ2) is 6.89. The molecule has 0 unspecified atom stereocenters. The highest BCUT2D eigenvalue weighted by atomic mass is 32.2. The van der Waals surface area contributed by atoms with Crippen molar-refractivity contribution in [2.75, 3.05) is 6.26 Å². The SMILES string of the molecule is CS(=O)(=O)O[C@@H]1[C@@H](C/C=C\CCCC(=O)O)[C@H]2CC[C@H]1O2. The van der Waals surface area contributed by atoms with Crippen molar-refractivity contribution < 1.29 is 27.2 Å². The van der Waals surface area contributed by atoms with Crippen LogP contribution in [-0.4, -0.2) is 44.1 Å². The lowest BCUT2D eigenvalue weighted by Gasteiger charge is -2.25. The minimum Gasteiger partial charge on any atom is -0.481 e. The number of ether oxygens (including phenoxy) is 1. The summed E-state index contributed by atoms with van der Waals surface area (Å²) in [5.74, 6) is -0.722. The monoisotopic (exact) mass is 318 g/mol. The summed E-state index contributed by atoms with van der Waals surface area (Å²) in [4.78, 5) is 10.4. The van der Waals surface area contributed by atoms with Crippen molar-refractivity contribution in [2.24, 2.45) is 5.92 Å². The van der Waals surface area contributed by atoms with Crippen molar-refractivity contribution in [3.63, 3.8) is 0 Å². The lowest BCUT2D eigenvalue weighted by molar-refractivity contribution is -0.137. The Bertz CT molecular complexity index is 498. The van der Waals surface area contributed by atoms with Crippen LogP contribution in [0.25, 0.3) is 0 Å². The fraction of sp³-hybridized carbons (Fsp3) is 0.786. The van der Waals surface area contributed by atoms with E-state index in [2.05, 4.69) is 0 Å². The van der Waals surface area contributed by atoms with Crippen LogP contribution in [0, 0.1) is 5.92 Å². The lowest BCUT2D eigenvalue weighted by atomic mass is 9.84. The first-order chi connectivity index (χ1) is 9.87. The largest absolute Gasteiger partial charge is 0.481 e. The van der Waals surface area contributed by atoms with Gasteiger partial charge >= 0.3 is 5.97 Å². The Morgan fingerprint density at radius 3 is 2.71 bits per heavy atom. The maximum absolute atomic E-state index is 11.3. The molecule has 2 saturated heterocycles. The van der Waals surface area contributed by atoms with Crippen LogP contribution in [0.3, 0.4) is 0 Å². The summed E-state index contributed by atoms with van der Waals surface area (Å²) in [6.45, 7) is 0. The first kappa shape index (κ1) is 16.5. The molecule has 0 radical (unpaired) electrons. The molecule has 4 atom stereocenters. The van der Waals surface area contributed by atoms with E-state index >= 15 is 0 Å². The van der Waals surface area contributed by atoms with Crippen LogP contribution in [0.2, 0.25) is 0 Å². The zero-order valence-corrected chi connectivity index (χ0v) is 12.9. The Hall–Kier alpha value is -0.920. The predicted molar refractivity (Wildman–Crippen MR) is 76.3 cm³/mol. The van der Waals surface area contributed by atoms with Crippen LogP contribution < -0.4 is 0 Å². The Labute approximate surface area is 125 Å². The number of hydrogen-bond acceptors (Lipinski definition) is 5. The quantitative estimate of drug-likeness (QED) is 0.416. The number of aliphatic carboxylic acids is 1. The molecule has 0 aromatic heterocycles. The van der Waals surface area contributed by atoms with Gasteiger partial charge in [-0.15, -0.1) is 0 Å². The van der Waals surface area contributed by atoms with E-state index in [1.165, 1.54) is 0 Å². The van der Waals surface area contributed by atoms with E-state index in [0.717, 1.165) is 19.1 Å². The molecule has 120 valence electrons. The summed E-state index contributed by atoms with van der Waals surface area (Å²) >= 11 is 0. The Morgan fingerprint density at radius 1 is 1.33 bits per heavy atom. The van der Waals surface area contributed by atoms with Gasteiger partial charge in [0.05, 0.1) is 18.5 Å². The summed E-state index contributed by atoms with van der Waals surface area (Å²) in [5, 5.41) is 8.54. The van der Waals surface area contributed by atoms with Gasteiger partial charge in [0.25, 0.3) is 10.1 Å². The van der Waals surface area contributed by atoms with Crippen molar-refractivity contribution in [3.05, 3.63) is 12.2 Å². The van der Waals surface area contributed by atoms with Crippen LogP contribution in [0.15, 0.2) is 12.2 Å². The van der Waals surface area contributed by atoms with Gasteiger partial charge in [0.15, 0.2) is 0 Å². The zero-order chi connectivity index (χ0) is 15.5. The van der Waals surface area contributed by atoms with Gasteiger partial charge in [-0.1, -0.05) is 12.2 Å². The summed E-state index contributed by atoms with van der Waals surface area (Å²) in [5.41, 5.74) is 0. The van der Waals surface area contributed by atoms with Crippen LogP contribution in [0.4, 0.5) is 0 Å². The summed E-state index contributed by atoms with van der Waals surface area (Å²) in [6.07, 6.45) is 8.57. The second-order valence-corrected chi connectivity index (χ2v) is 7.31. The molecule has 0 saturated carbocycles. The highest BCUT2D eigenvalue weighted by Crippen LogP contribution is 2.43. The molecule has 7 heteroatoms. The Morgan fingerprint density at radius 2 is 2.05 bits per heavy atom. The van der Waals surface area contributed by atoms with Gasteiger partial charge in [-0.25, -0.2) is 0 Å². The average molecular weight is 318 g/mol. The lowest BCUT2D eigenvalue weighted by Crippen LogP contribution is -2.35. The molecule has 0 aromatic rings. The molecular weight excluding hydrogens is 296 g/mol. The minimum absolute atomic E-state index is 0.0641. The summed E-state index contributed by atoms with van der Waals surface area (Å²) < 4.78 is 33.6.